The predicted molar refractivity (Wildman–Crippen MR) is 125 cm³/mol. The number of rotatable bonds is 10. The Kier molecular flexibility index (Phi) is 8.12. The van der Waals surface area contributed by atoms with Gasteiger partial charge in [-0.15, -0.1) is 0 Å². The maximum Gasteiger partial charge on any atom is 0.326 e. The van der Waals surface area contributed by atoms with Crippen LogP contribution in [0.25, 0.3) is 0 Å². The largest absolute Gasteiger partial charge is 0.480 e. The van der Waals surface area contributed by atoms with Gasteiger partial charge in [0.25, 0.3) is 11.8 Å². The third kappa shape index (κ3) is 6.77. The molecule has 0 fully saturated rings. The Morgan fingerprint density at radius 3 is 1.32 bits per heavy atom. The molecule has 8 heteroatoms. The lowest BCUT2D eigenvalue weighted by Crippen LogP contribution is -2.43. The van der Waals surface area contributed by atoms with E-state index in [9.17, 15) is 29.4 Å². The van der Waals surface area contributed by atoms with Gasteiger partial charge < -0.3 is 20.8 Å². The van der Waals surface area contributed by atoms with Crippen molar-refractivity contribution in [1.29, 1.82) is 0 Å². The van der Waals surface area contributed by atoms with E-state index in [1.807, 2.05) is 12.1 Å². The molecule has 0 bridgehead atoms. The van der Waals surface area contributed by atoms with Crippen molar-refractivity contribution in [3.8, 4) is 0 Å². The quantitative estimate of drug-likeness (QED) is 0.368. The number of benzene rings is 3. The highest BCUT2D eigenvalue weighted by atomic mass is 16.4. The van der Waals surface area contributed by atoms with Gasteiger partial charge in [-0.05, 0) is 29.3 Å². The van der Waals surface area contributed by atoms with Crippen molar-refractivity contribution >= 4 is 23.8 Å². The van der Waals surface area contributed by atoms with Crippen molar-refractivity contribution in [2.45, 2.75) is 24.9 Å². The fourth-order valence-electron chi connectivity index (χ4n) is 3.38. The second kappa shape index (κ2) is 11.4. The summed E-state index contributed by atoms with van der Waals surface area (Å²) in [5, 5.41) is 24.0. The first-order chi connectivity index (χ1) is 16.3. The summed E-state index contributed by atoms with van der Waals surface area (Å²) in [5.41, 5.74) is 1.67. The first kappa shape index (κ1) is 24.2. The fraction of sp³-hybridized carbons (Fsp3) is 0.154. The van der Waals surface area contributed by atoms with Crippen LogP contribution >= 0.6 is 0 Å². The molecular formula is C26H24N2O6. The predicted octanol–water partition coefficient (Wildman–Crippen LogP) is 2.54. The molecule has 0 spiro atoms. The van der Waals surface area contributed by atoms with Gasteiger partial charge in [-0.3, -0.25) is 9.59 Å². The zero-order valence-corrected chi connectivity index (χ0v) is 18.2. The number of nitrogens with one attached hydrogen (secondary N) is 2. The van der Waals surface area contributed by atoms with Crippen molar-refractivity contribution in [3.05, 3.63) is 107 Å². The molecule has 3 rings (SSSR count). The number of hydrogen-bond acceptors (Lipinski definition) is 4. The van der Waals surface area contributed by atoms with E-state index in [-0.39, 0.29) is 24.0 Å². The lowest BCUT2D eigenvalue weighted by Gasteiger charge is -2.16. The van der Waals surface area contributed by atoms with Crippen molar-refractivity contribution in [3.63, 3.8) is 0 Å². The molecule has 4 N–H and O–H groups in total. The third-order valence-electron chi connectivity index (χ3n) is 5.16. The van der Waals surface area contributed by atoms with Gasteiger partial charge in [-0.2, -0.15) is 0 Å². The molecule has 0 heterocycles. The average molecular weight is 460 g/mol. The Hall–Kier alpha value is -4.46. The summed E-state index contributed by atoms with van der Waals surface area (Å²) < 4.78 is 0. The molecule has 0 aliphatic carbocycles. The summed E-state index contributed by atoms with van der Waals surface area (Å²) in [6.45, 7) is 0. The number of hydrogen-bond donors (Lipinski definition) is 4. The van der Waals surface area contributed by atoms with E-state index in [1.165, 1.54) is 24.3 Å². The number of amides is 2. The smallest absolute Gasteiger partial charge is 0.326 e. The summed E-state index contributed by atoms with van der Waals surface area (Å²) in [5.74, 6) is -3.68. The van der Waals surface area contributed by atoms with E-state index in [0.29, 0.717) is 0 Å². The molecule has 0 aliphatic heterocycles. The molecule has 3 aromatic carbocycles. The van der Waals surface area contributed by atoms with E-state index >= 15 is 0 Å². The summed E-state index contributed by atoms with van der Waals surface area (Å²) in [6.07, 6.45) is 0.198. The number of aliphatic carboxylic acids is 2. The third-order valence-corrected chi connectivity index (χ3v) is 5.16. The van der Waals surface area contributed by atoms with Crippen LogP contribution in [0, 0.1) is 0 Å². The van der Waals surface area contributed by atoms with E-state index in [2.05, 4.69) is 10.6 Å². The molecule has 0 aliphatic rings. The topological polar surface area (TPSA) is 133 Å². The Bertz CT molecular complexity index is 1080. The van der Waals surface area contributed by atoms with Crippen LogP contribution in [0.1, 0.15) is 31.8 Å². The van der Waals surface area contributed by atoms with Gasteiger partial charge in [0.15, 0.2) is 0 Å². The minimum absolute atomic E-state index is 0.0851. The van der Waals surface area contributed by atoms with Gasteiger partial charge in [-0.25, -0.2) is 9.59 Å². The monoisotopic (exact) mass is 460 g/mol. The Morgan fingerprint density at radius 2 is 0.971 bits per heavy atom. The van der Waals surface area contributed by atoms with Crippen LogP contribution in [-0.4, -0.2) is 46.0 Å². The highest BCUT2D eigenvalue weighted by molar-refractivity contribution is 6.01. The molecule has 3 aromatic rings. The first-order valence-electron chi connectivity index (χ1n) is 10.6. The molecule has 34 heavy (non-hydrogen) atoms. The fourth-order valence-corrected chi connectivity index (χ4v) is 3.38. The molecule has 0 radical (unpaired) electrons. The molecule has 8 nitrogen and oxygen atoms in total. The maximum atomic E-state index is 12.7. The van der Waals surface area contributed by atoms with Gasteiger partial charge in [0.05, 0.1) is 0 Å². The number of carboxylic acids is 2. The zero-order chi connectivity index (χ0) is 24.5. The minimum Gasteiger partial charge on any atom is -0.480 e. The van der Waals surface area contributed by atoms with Gasteiger partial charge in [0, 0.05) is 24.0 Å². The standard InChI is InChI=1S/C26H24N2O6/c29-23(27-21(25(31)32)14-17-8-3-1-4-9-17)19-12-7-13-20(16-19)24(30)28-22(26(33)34)15-18-10-5-2-6-11-18/h1-13,16,21-22H,14-15H2,(H,27,29)(H,28,30)(H,31,32)(H,33,34)/t21-,22-/m1/s1. The molecule has 0 aromatic heterocycles. The molecule has 0 saturated carbocycles. The molecule has 2 amide bonds. The lowest BCUT2D eigenvalue weighted by atomic mass is 10.0. The molecule has 2 atom stereocenters. The highest BCUT2D eigenvalue weighted by Crippen LogP contribution is 2.10. The van der Waals surface area contributed by atoms with E-state index in [0.717, 1.165) is 11.1 Å². The zero-order valence-electron chi connectivity index (χ0n) is 18.2. The lowest BCUT2D eigenvalue weighted by molar-refractivity contribution is -0.140. The second-order valence-corrected chi connectivity index (χ2v) is 7.69. The van der Waals surface area contributed by atoms with Crippen molar-refractivity contribution in [1.82, 2.24) is 10.6 Å². The van der Waals surface area contributed by atoms with Gasteiger partial charge in [-0.1, -0.05) is 66.7 Å². The Balaban J connectivity index is 1.69. The summed E-state index contributed by atoms with van der Waals surface area (Å²) in [6, 6.07) is 21.2. The van der Waals surface area contributed by atoms with Crippen LogP contribution in [0.15, 0.2) is 84.9 Å². The first-order valence-corrected chi connectivity index (χ1v) is 10.6. The van der Waals surface area contributed by atoms with Crippen LogP contribution in [-0.2, 0) is 22.4 Å². The number of carboxylic acid groups (broad SMARTS) is 2. The van der Waals surface area contributed by atoms with E-state index in [1.54, 1.807) is 48.5 Å². The van der Waals surface area contributed by atoms with Gasteiger partial charge >= 0.3 is 11.9 Å². The average Bonchev–Trinajstić information content (AvgIpc) is 2.84. The number of carbonyl (C=O) groups is 4. The highest BCUT2D eigenvalue weighted by Gasteiger charge is 2.23. The Morgan fingerprint density at radius 1 is 0.588 bits per heavy atom. The van der Waals surface area contributed by atoms with E-state index in [4.69, 9.17) is 0 Å². The molecule has 174 valence electrons. The van der Waals surface area contributed by atoms with Crippen LogP contribution in [0.4, 0.5) is 0 Å². The van der Waals surface area contributed by atoms with Crippen LogP contribution < -0.4 is 10.6 Å². The van der Waals surface area contributed by atoms with Gasteiger partial charge in [0.1, 0.15) is 12.1 Å². The summed E-state index contributed by atoms with van der Waals surface area (Å²) in [4.78, 5) is 48.7. The van der Waals surface area contributed by atoms with Crippen molar-refractivity contribution in [2.24, 2.45) is 0 Å². The SMILES string of the molecule is O=C(N[C@H](Cc1ccccc1)C(=O)O)c1cccc(C(=O)N[C@H](Cc2ccccc2)C(=O)O)c1. The Labute approximate surface area is 196 Å². The summed E-state index contributed by atoms with van der Waals surface area (Å²) >= 11 is 0. The molecule has 0 unspecified atom stereocenters. The normalized spacial score (nSPS) is 12.2. The summed E-state index contributed by atoms with van der Waals surface area (Å²) in [7, 11) is 0. The number of carbonyl (C=O) groups excluding carboxylic acids is 2. The molecule has 0 saturated heterocycles. The van der Waals surface area contributed by atoms with Crippen molar-refractivity contribution < 1.29 is 29.4 Å². The second-order valence-electron chi connectivity index (χ2n) is 7.69. The van der Waals surface area contributed by atoms with Crippen LogP contribution in [0.3, 0.4) is 0 Å². The maximum absolute atomic E-state index is 12.7. The minimum atomic E-state index is -1.18. The van der Waals surface area contributed by atoms with Gasteiger partial charge in [0.2, 0.25) is 0 Å². The van der Waals surface area contributed by atoms with Crippen LogP contribution in [0.5, 0.6) is 0 Å². The van der Waals surface area contributed by atoms with Crippen LogP contribution in [0.2, 0.25) is 0 Å². The molecular weight excluding hydrogens is 436 g/mol. The van der Waals surface area contributed by atoms with E-state index < -0.39 is 35.8 Å². The van der Waals surface area contributed by atoms with Crippen molar-refractivity contribution in [2.75, 3.05) is 0 Å².